The molecule has 0 radical (unpaired) electrons. The molecular weight excluding hydrogens is 486 g/mol. The molecule has 2 aliphatic rings. The molecule has 3 heterocycles. The summed E-state index contributed by atoms with van der Waals surface area (Å²) < 4.78 is 11.8. The fraction of sp³-hybridized carbons (Fsp3) is 0.440. The maximum Gasteiger partial charge on any atom is 0.263 e. The molecule has 0 spiro atoms. The van der Waals surface area contributed by atoms with Gasteiger partial charge in [-0.1, -0.05) is 13.0 Å². The van der Waals surface area contributed by atoms with Crippen LogP contribution >= 0.6 is 22.9 Å². The van der Waals surface area contributed by atoms with Crippen LogP contribution in [0.1, 0.15) is 66.7 Å². The van der Waals surface area contributed by atoms with E-state index in [1.165, 1.54) is 11.3 Å². The summed E-state index contributed by atoms with van der Waals surface area (Å²) in [5.74, 6) is 0.297. The highest BCUT2D eigenvalue weighted by Gasteiger charge is 2.30. The van der Waals surface area contributed by atoms with E-state index < -0.39 is 0 Å². The molecule has 10 heteroatoms. The lowest BCUT2D eigenvalue weighted by Gasteiger charge is -2.20. The van der Waals surface area contributed by atoms with Gasteiger partial charge >= 0.3 is 0 Å². The van der Waals surface area contributed by atoms with Gasteiger partial charge in [0, 0.05) is 34.8 Å². The van der Waals surface area contributed by atoms with Gasteiger partial charge in [0.2, 0.25) is 11.2 Å². The zero-order valence-electron chi connectivity index (χ0n) is 20.6. The van der Waals surface area contributed by atoms with E-state index in [4.69, 9.17) is 26.1 Å². The largest absolute Gasteiger partial charge is 0.454 e. The van der Waals surface area contributed by atoms with E-state index in [9.17, 15) is 4.79 Å². The van der Waals surface area contributed by atoms with Gasteiger partial charge < -0.3 is 20.1 Å². The van der Waals surface area contributed by atoms with Crippen LogP contribution in [0.3, 0.4) is 0 Å². The minimum Gasteiger partial charge on any atom is -0.454 e. The van der Waals surface area contributed by atoms with Crippen LogP contribution in [0.5, 0.6) is 5.88 Å². The Morgan fingerprint density at radius 1 is 1.34 bits per heavy atom. The summed E-state index contributed by atoms with van der Waals surface area (Å²) in [5.41, 5.74) is 4.03. The molecule has 1 atom stereocenters. The number of carbonyl (C=O) groups excluding carboxylic acids is 1. The second-order valence-electron chi connectivity index (χ2n) is 9.35. The van der Waals surface area contributed by atoms with Gasteiger partial charge in [0.25, 0.3) is 5.91 Å². The van der Waals surface area contributed by atoms with E-state index in [2.05, 4.69) is 33.6 Å². The second kappa shape index (κ2) is 10.5. The van der Waals surface area contributed by atoms with E-state index in [0.29, 0.717) is 29.5 Å². The fourth-order valence-electron chi connectivity index (χ4n) is 3.73. The van der Waals surface area contributed by atoms with Gasteiger partial charge in [-0.05, 0) is 57.9 Å². The van der Waals surface area contributed by atoms with Crippen molar-refractivity contribution in [3.63, 3.8) is 0 Å². The van der Waals surface area contributed by atoms with Crippen molar-refractivity contribution in [2.75, 3.05) is 18.6 Å². The third kappa shape index (κ3) is 5.91. The van der Waals surface area contributed by atoms with Gasteiger partial charge in [-0.3, -0.25) is 4.79 Å². The van der Waals surface area contributed by atoms with Crippen molar-refractivity contribution < 1.29 is 14.3 Å². The van der Waals surface area contributed by atoms with Gasteiger partial charge in [0.05, 0.1) is 29.2 Å². The zero-order valence-corrected chi connectivity index (χ0v) is 22.1. The first-order valence-corrected chi connectivity index (χ1v) is 12.8. The summed E-state index contributed by atoms with van der Waals surface area (Å²) >= 11 is 7.50. The molecular formula is C25H30ClN5O3S. The summed E-state index contributed by atoms with van der Waals surface area (Å²) in [6.45, 7) is 11.0. The molecule has 2 N–H and O–H groups in total. The van der Waals surface area contributed by atoms with Crippen molar-refractivity contribution >= 4 is 51.9 Å². The highest BCUT2D eigenvalue weighted by molar-refractivity contribution is 7.16. The van der Waals surface area contributed by atoms with Crippen molar-refractivity contribution in [1.29, 1.82) is 0 Å². The molecule has 0 fully saturated rings. The topological polar surface area (TPSA) is 97.7 Å². The van der Waals surface area contributed by atoms with Crippen molar-refractivity contribution in [1.82, 2.24) is 15.3 Å². The number of fused-ring (bicyclic) bond motifs is 3. The Bertz CT molecular complexity index is 1210. The predicted molar refractivity (Wildman–Crippen MR) is 142 cm³/mol. The first-order valence-electron chi connectivity index (χ1n) is 11.6. The average molecular weight is 516 g/mol. The van der Waals surface area contributed by atoms with Crippen molar-refractivity contribution in [2.24, 2.45) is 4.99 Å². The lowest BCUT2D eigenvalue weighted by atomic mass is 9.93. The van der Waals surface area contributed by atoms with E-state index in [1.54, 1.807) is 6.20 Å². The number of hydrogen-bond donors (Lipinski definition) is 2. The number of nitrogens with one attached hydrogen (secondary N) is 2. The van der Waals surface area contributed by atoms with Crippen molar-refractivity contribution in [3.8, 4) is 5.88 Å². The Labute approximate surface area is 214 Å². The number of ether oxygens (including phenoxy) is 2. The van der Waals surface area contributed by atoms with Gasteiger partial charge in [-0.2, -0.15) is 4.98 Å². The quantitative estimate of drug-likeness (QED) is 0.503. The molecule has 4 rings (SSSR count). The van der Waals surface area contributed by atoms with E-state index >= 15 is 0 Å². The van der Waals surface area contributed by atoms with Crippen LogP contribution in [0.15, 0.2) is 23.3 Å². The SMILES string of the molecule is CCC=C1C(=NCOc2nc(Cl)ncc2COC(C)(C)C)C=Cc2sc3c(c21)NC[C@@H](C)NC3=O. The Balaban J connectivity index is 1.58. The van der Waals surface area contributed by atoms with Crippen LogP contribution in [-0.4, -0.2) is 46.5 Å². The molecule has 0 unspecified atom stereocenters. The van der Waals surface area contributed by atoms with Crippen LogP contribution in [0.25, 0.3) is 11.6 Å². The van der Waals surface area contributed by atoms with E-state index in [-0.39, 0.29) is 29.6 Å². The molecule has 35 heavy (non-hydrogen) atoms. The number of nitrogens with zero attached hydrogens (tertiary/aromatic N) is 3. The number of anilines is 1. The third-order valence-electron chi connectivity index (χ3n) is 5.34. The lowest BCUT2D eigenvalue weighted by Crippen LogP contribution is -2.34. The number of aliphatic imine (C=N–C) groups is 1. The second-order valence-corrected chi connectivity index (χ2v) is 10.7. The van der Waals surface area contributed by atoms with Crippen LogP contribution < -0.4 is 15.4 Å². The first kappa shape index (κ1) is 25.3. The van der Waals surface area contributed by atoms with Crippen LogP contribution in [0.2, 0.25) is 5.28 Å². The molecule has 8 nitrogen and oxygen atoms in total. The van der Waals surface area contributed by atoms with Crippen molar-refractivity contribution in [2.45, 2.75) is 59.3 Å². The first-order chi connectivity index (χ1) is 16.7. The number of amides is 1. The highest BCUT2D eigenvalue weighted by atomic mass is 35.5. The molecule has 2 aromatic heterocycles. The summed E-state index contributed by atoms with van der Waals surface area (Å²) in [5, 5.41) is 6.59. The highest BCUT2D eigenvalue weighted by Crippen LogP contribution is 2.43. The number of aromatic nitrogens is 2. The molecule has 0 bridgehead atoms. The number of thiophene rings is 1. The zero-order chi connectivity index (χ0) is 25.2. The van der Waals surface area contributed by atoms with Crippen LogP contribution in [0.4, 0.5) is 5.69 Å². The molecule has 0 saturated heterocycles. The van der Waals surface area contributed by atoms with E-state index in [0.717, 1.165) is 33.8 Å². The Hall–Kier alpha value is -2.75. The van der Waals surface area contributed by atoms with Gasteiger partial charge in [0.1, 0.15) is 4.88 Å². The normalized spacial score (nSPS) is 19.7. The maximum absolute atomic E-state index is 12.7. The number of carbonyl (C=O) groups is 1. The maximum atomic E-state index is 12.7. The summed E-state index contributed by atoms with van der Waals surface area (Å²) in [6.07, 6.45) is 8.53. The minimum atomic E-state index is -0.317. The number of halogens is 1. The Morgan fingerprint density at radius 3 is 2.89 bits per heavy atom. The fourth-order valence-corrected chi connectivity index (χ4v) is 4.95. The smallest absolute Gasteiger partial charge is 0.263 e. The number of allylic oxidation sites excluding steroid dienone is 3. The monoisotopic (exact) mass is 515 g/mol. The summed E-state index contributed by atoms with van der Waals surface area (Å²) in [4.78, 5) is 27.4. The minimum absolute atomic E-state index is 0.0448. The molecule has 0 aromatic carbocycles. The number of hydrogen-bond acceptors (Lipinski definition) is 8. The molecule has 0 saturated carbocycles. The van der Waals surface area contributed by atoms with E-state index in [1.807, 2.05) is 39.8 Å². The molecule has 1 aliphatic heterocycles. The van der Waals surface area contributed by atoms with Crippen LogP contribution in [0, 0.1) is 0 Å². The van der Waals surface area contributed by atoms with Crippen molar-refractivity contribution in [3.05, 3.63) is 44.5 Å². The van der Waals surface area contributed by atoms with Gasteiger partial charge in [-0.15, -0.1) is 11.3 Å². The lowest BCUT2D eigenvalue weighted by molar-refractivity contribution is -0.0161. The van der Waals surface area contributed by atoms with Gasteiger partial charge in [-0.25, -0.2) is 9.98 Å². The molecule has 1 amide bonds. The van der Waals surface area contributed by atoms with Gasteiger partial charge in [0.15, 0.2) is 6.73 Å². The predicted octanol–water partition coefficient (Wildman–Crippen LogP) is 5.35. The average Bonchev–Trinajstić information content (AvgIpc) is 3.10. The third-order valence-corrected chi connectivity index (χ3v) is 6.68. The standard InChI is InChI=1S/C25H30ClN5O3S/c1-6-7-16-17(8-9-18-19(16)20-21(35-18)22(32)30-14(2)10-27-20)29-13-33-23-15(11-28-24(26)31-23)12-34-25(3,4)5/h7-9,11,14,27H,6,10,12-13H2,1-5H3,(H,30,32)/t14-/m1/s1. The number of rotatable bonds is 6. The molecule has 2 aromatic rings. The molecule has 186 valence electrons. The Morgan fingerprint density at radius 2 is 2.14 bits per heavy atom. The van der Waals surface area contributed by atoms with Crippen LogP contribution in [-0.2, 0) is 11.3 Å². The summed E-state index contributed by atoms with van der Waals surface area (Å²) in [6, 6.07) is 0.0492. The molecule has 1 aliphatic carbocycles. The summed E-state index contributed by atoms with van der Waals surface area (Å²) in [7, 11) is 0. The Kier molecular flexibility index (Phi) is 7.59.